The average molecular weight is 299 g/mol. The van der Waals surface area contributed by atoms with E-state index >= 15 is 0 Å². The summed E-state index contributed by atoms with van der Waals surface area (Å²) in [6, 6.07) is 10.8. The third-order valence-corrected chi connectivity index (χ3v) is 3.21. The second-order valence-corrected chi connectivity index (χ2v) is 4.99. The van der Waals surface area contributed by atoms with Gasteiger partial charge in [0.05, 0.1) is 18.3 Å². The van der Waals surface area contributed by atoms with Crippen LogP contribution in [0.5, 0.6) is 5.75 Å². The van der Waals surface area contributed by atoms with Crippen LogP contribution in [0.25, 0.3) is 0 Å². The molecule has 2 rings (SSSR count). The predicted molar refractivity (Wildman–Crippen MR) is 87.2 cm³/mol. The Kier molecular flexibility index (Phi) is 5.36. The first-order valence-electron chi connectivity index (χ1n) is 7.32. The number of aryl methyl sites for hydroxylation is 1. The Morgan fingerprint density at radius 2 is 2.14 bits per heavy atom. The zero-order valence-corrected chi connectivity index (χ0v) is 13.1. The van der Waals surface area contributed by atoms with Crippen molar-refractivity contribution in [2.24, 2.45) is 0 Å². The van der Waals surface area contributed by atoms with E-state index in [0.717, 1.165) is 22.7 Å². The predicted octanol–water partition coefficient (Wildman–Crippen LogP) is 3.67. The van der Waals surface area contributed by atoms with Crippen LogP contribution in [0.3, 0.4) is 0 Å². The van der Waals surface area contributed by atoms with E-state index in [9.17, 15) is 4.79 Å². The molecular formula is C17H21N3O2. The number of rotatable bonds is 5. The molecule has 0 radical (unpaired) electrons. The smallest absolute Gasteiger partial charge is 0.319 e. The topological polar surface area (TPSA) is 63.2 Å². The lowest BCUT2D eigenvalue weighted by atomic mass is 10.2. The molecule has 2 aromatic rings. The van der Waals surface area contributed by atoms with Crippen molar-refractivity contribution >= 4 is 11.7 Å². The fourth-order valence-electron chi connectivity index (χ4n) is 2.11. The molecule has 1 atom stereocenters. The van der Waals surface area contributed by atoms with Gasteiger partial charge in [0.25, 0.3) is 0 Å². The van der Waals surface area contributed by atoms with Crippen molar-refractivity contribution in [1.82, 2.24) is 10.3 Å². The third kappa shape index (κ3) is 4.22. The molecular weight excluding hydrogens is 278 g/mol. The number of amides is 2. The number of ether oxygens (including phenoxy) is 1. The zero-order chi connectivity index (χ0) is 15.9. The van der Waals surface area contributed by atoms with E-state index in [4.69, 9.17) is 4.74 Å². The first kappa shape index (κ1) is 15.8. The maximum atomic E-state index is 12.0. The Labute approximate surface area is 130 Å². The summed E-state index contributed by atoms with van der Waals surface area (Å²) in [6.45, 7) is 6.41. The third-order valence-electron chi connectivity index (χ3n) is 3.21. The van der Waals surface area contributed by atoms with Gasteiger partial charge in [-0.05, 0) is 56.7 Å². The average Bonchev–Trinajstić information content (AvgIpc) is 2.51. The molecule has 0 aliphatic heterocycles. The monoisotopic (exact) mass is 299 g/mol. The van der Waals surface area contributed by atoms with Gasteiger partial charge in [-0.2, -0.15) is 0 Å². The van der Waals surface area contributed by atoms with E-state index in [1.807, 2.05) is 57.2 Å². The summed E-state index contributed by atoms with van der Waals surface area (Å²) in [5.41, 5.74) is 2.53. The van der Waals surface area contributed by atoms with Crippen molar-refractivity contribution in [3.8, 4) is 5.75 Å². The molecule has 0 aliphatic carbocycles. The lowest BCUT2D eigenvalue weighted by Crippen LogP contribution is -2.31. The van der Waals surface area contributed by atoms with Gasteiger partial charge >= 0.3 is 6.03 Å². The standard InChI is InChI=1S/C17H21N3O2/c1-4-22-16-9-8-14(11-12(16)2)20-17(21)19-13(3)15-7-5-6-10-18-15/h5-11,13H,4H2,1-3H3,(H2,19,20,21). The molecule has 5 nitrogen and oxygen atoms in total. The number of nitrogens with one attached hydrogen (secondary N) is 2. The molecule has 0 fully saturated rings. The molecule has 0 bridgehead atoms. The van der Waals surface area contributed by atoms with Crippen LogP contribution in [0, 0.1) is 6.92 Å². The summed E-state index contributed by atoms with van der Waals surface area (Å²) in [7, 11) is 0. The molecule has 2 N–H and O–H groups in total. The number of nitrogens with zero attached hydrogens (tertiary/aromatic N) is 1. The highest BCUT2D eigenvalue weighted by Crippen LogP contribution is 2.22. The Balaban J connectivity index is 1.96. The highest BCUT2D eigenvalue weighted by molar-refractivity contribution is 5.89. The molecule has 1 aromatic heterocycles. The molecule has 1 aromatic carbocycles. The van der Waals surface area contributed by atoms with Crippen LogP contribution < -0.4 is 15.4 Å². The summed E-state index contributed by atoms with van der Waals surface area (Å²) in [4.78, 5) is 16.3. The number of urea groups is 1. The Morgan fingerprint density at radius 3 is 2.77 bits per heavy atom. The van der Waals surface area contributed by atoms with Crippen molar-refractivity contribution in [1.29, 1.82) is 0 Å². The summed E-state index contributed by atoms with van der Waals surface area (Å²) >= 11 is 0. The van der Waals surface area contributed by atoms with E-state index < -0.39 is 0 Å². The number of benzene rings is 1. The van der Waals surface area contributed by atoms with Gasteiger partial charge < -0.3 is 15.4 Å². The number of pyridine rings is 1. The summed E-state index contributed by atoms with van der Waals surface area (Å²) in [6.07, 6.45) is 1.71. The Morgan fingerprint density at radius 1 is 1.32 bits per heavy atom. The largest absolute Gasteiger partial charge is 0.494 e. The molecule has 0 saturated heterocycles. The molecule has 2 amide bonds. The molecule has 116 valence electrons. The quantitative estimate of drug-likeness (QED) is 0.885. The molecule has 0 spiro atoms. The van der Waals surface area contributed by atoms with E-state index in [1.54, 1.807) is 6.20 Å². The minimum Gasteiger partial charge on any atom is -0.494 e. The second kappa shape index (κ2) is 7.45. The van der Waals surface area contributed by atoms with Crippen molar-refractivity contribution in [2.45, 2.75) is 26.8 Å². The van der Waals surface area contributed by atoms with Crippen LogP contribution in [0.15, 0.2) is 42.6 Å². The number of hydrogen-bond donors (Lipinski definition) is 2. The maximum Gasteiger partial charge on any atom is 0.319 e. The molecule has 1 heterocycles. The summed E-state index contributed by atoms with van der Waals surface area (Å²) < 4.78 is 5.48. The van der Waals surface area contributed by atoms with E-state index in [2.05, 4.69) is 15.6 Å². The van der Waals surface area contributed by atoms with Crippen LogP contribution in [0.1, 0.15) is 31.1 Å². The van der Waals surface area contributed by atoms with Gasteiger partial charge in [0.15, 0.2) is 0 Å². The van der Waals surface area contributed by atoms with Crippen LogP contribution in [-0.4, -0.2) is 17.6 Å². The number of carbonyl (C=O) groups is 1. The highest BCUT2D eigenvalue weighted by atomic mass is 16.5. The maximum absolute atomic E-state index is 12.0. The summed E-state index contributed by atoms with van der Waals surface area (Å²) in [5.74, 6) is 0.829. The van der Waals surface area contributed by atoms with Gasteiger partial charge in [-0.25, -0.2) is 4.79 Å². The highest BCUT2D eigenvalue weighted by Gasteiger charge is 2.10. The molecule has 0 aliphatic rings. The fraction of sp³-hybridized carbons (Fsp3) is 0.294. The SMILES string of the molecule is CCOc1ccc(NC(=O)NC(C)c2ccccn2)cc1C. The van der Waals surface area contributed by atoms with Gasteiger partial charge in [-0.3, -0.25) is 4.98 Å². The number of anilines is 1. The lowest BCUT2D eigenvalue weighted by Gasteiger charge is -2.15. The lowest BCUT2D eigenvalue weighted by molar-refractivity contribution is 0.249. The van der Waals surface area contributed by atoms with Gasteiger partial charge in [0.2, 0.25) is 0 Å². The Hall–Kier alpha value is -2.56. The van der Waals surface area contributed by atoms with Crippen molar-refractivity contribution in [2.75, 3.05) is 11.9 Å². The molecule has 0 saturated carbocycles. The van der Waals surface area contributed by atoms with Gasteiger partial charge in [-0.15, -0.1) is 0 Å². The van der Waals surface area contributed by atoms with Gasteiger partial charge in [0, 0.05) is 11.9 Å². The van der Waals surface area contributed by atoms with Crippen molar-refractivity contribution < 1.29 is 9.53 Å². The zero-order valence-electron chi connectivity index (χ0n) is 13.1. The van der Waals surface area contributed by atoms with E-state index in [0.29, 0.717) is 6.61 Å². The molecule has 22 heavy (non-hydrogen) atoms. The van der Waals surface area contributed by atoms with Crippen molar-refractivity contribution in [3.63, 3.8) is 0 Å². The fourth-order valence-corrected chi connectivity index (χ4v) is 2.11. The van der Waals surface area contributed by atoms with Crippen LogP contribution in [0.2, 0.25) is 0 Å². The normalized spacial score (nSPS) is 11.6. The first-order chi connectivity index (χ1) is 10.6. The summed E-state index contributed by atoms with van der Waals surface area (Å²) in [5, 5.41) is 5.68. The number of hydrogen-bond acceptors (Lipinski definition) is 3. The number of carbonyl (C=O) groups excluding carboxylic acids is 1. The van der Waals surface area contributed by atoms with Gasteiger partial charge in [0.1, 0.15) is 5.75 Å². The van der Waals surface area contributed by atoms with Crippen LogP contribution >= 0.6 is 0 Å². The Bertz CT molecular complexity index is 629. The number of aromatic nitrogens is 1. The molecule has 1 unspecified atom stereocenters. The van der Waals surface area contributed by atoms with Gasteiger partial charge in [-0.1, -0.05) is 6.07 Å². The minimum absolute atomic E-state index is 0.162. The molecule has 5 heteroatoms. The first-order valence-corrected chi connectivity index (χ1v) is 7.32. The van der Waals surface area contributed by atoms with Crippen molar-refractivity contribution in [3.05, 3.63) is 53.9 Å². The minimum atomic E-state index is -0.262. The second-order valence-electron chi connectivity index (χ2n) is 4.99. The van der Waals surface area contributed by atoms with Crippen LogP contribution in [-0.2, 0) is 0 Å². The van der Waals surface area contributed by atoms with Crippen LogP contribution in [0.4, 0.5) is 10.5 Å². The van der Waals surface area contributed by atoms with E-state index in [1.165, 1.54) is 0 Å². The van der Waals surface area contributed by atoms with E-state index in [-0.39, 0.29) is 12.1 Å².